The lowest BCUT2D eigenvalue weighted by Crippen LogP contribution is -1.99. The molecule has 0 unspecified atom stereocenters. The summed E-state index contributed by atoms with van der Waals surface area (Å²) in [7, 11) is 0. The van der Waals surface area contributed by atoms with E-state index in [0.717, 1.165) is 0 Å². The summed E-state index contributed by atoms with van der Waals surface area (Å²) in [5.74, 6) is 0. The molecule has 0 saturated carbocycles. The molecule has 0 radical (unpaired) electrons. The molecular weight excluding hydrogens is 276 g/mol. The van der Waals surface area contributed by atoms with Crippen molar-refractivity contribution in [2.24, 2.45) is 0 Å². The summed E-state index contributed by atoms with van der Waals surface area (Å²) < 4.78 is 0. The van der Waals surface area contributed by atoms with Crippen LogP contribution in [0.15, 0.2) is 36.4 Å². The van der Waals surface area contributed by atoms with Crippen LogP contribution in [0.25, 0.3) is 0 Å². The summed E-state index contributed by atoms with van der Waals surface area (Å²) in [5.41, 5.74) is 12.1. The summed E-state index contributed by atoms with van der Waals surface area (Å²) in [5, 5.41) is 21.7. The largest absolute Gasteiger partial charge is 0.393 e. The third kappa shape index (κ3) is 3.06. The van der Waals surface area contributed by atoms with E-state index in [1.54, 1.807) is 12.1 Å². The van der Waals surface area contributed by atoms with Crippen LogP contribution >= 0.6 is 0 Å². The number of nitro groups is 2. The van der Waals surface area contributed by atoms with Crippen molar-refractivity contribution in [2.75, 3.05) is 11.5 Å². The average molecular weight is 288 g/mol. The Kier molecular flexibility index (Phi) is 3.70. The average Bonchev–Trinajstić information content (AvgIpc) is 2.42. The number of nitrogens with two attached hydrogens (primary N) is 2. The molecule has 0 aliphatic rings. The smallest absolute Gasteiger partial charge is 0.292 e. The number of nitrogen functional groups attached to an aromatic ring is 2. The van der Waals surface area contributed by atoms with E-state index < -0.39 is 9.85 Å². The second kappa shape index (κ2) is 5.45. The first-order valence-electron chi connectivity index (χ1n) is 5.94. The maximum absolute atomic E-state index is 10.8. The van der Waals surface area contributed by atoms with Gasteiger partial charge in [-0.3, -0.25) is 20.2 Å². The van der Waals surface area contributed by atoms with E-state index in [9.17, 15) is 20.2 Å². The number of nitro benzene ring substituents is 2. The lowest BCUT2D eigenvalue weighted by atomic mass is 10.0. The fraction of sp³-hybridized carbons (Fsp3) is 0.0769. The predicted octanol–water partition coefficient (Wildman–Crippen LogP) is 2.26. The second-order valence-electron chi connectivity index (χ2n) is 4.48. The molecule has 0 aliphatic heterocycles. The fourth-order valence-corrected chi connectivity index (χ4v) is 1.95. The molecule has 0 saturated heterocycles. The highest BCUT2D eigenvalue weighted by Crippen LogP contribution is 2.26. The third-order valence-electron chi connectivity index (χ3n) is 2.99. The van der Waals surface area contributed by atoms with Gasteiger partial charge < -0.3 is 11.5 Å². The zero-order chi connectivity index (χ0) is 15.6. The van der Waals surface area contributed by atoms with Crippen LogP contribution in [-0.4, -0.2) is 9.85 Å². The van der Waals surface area contributed by atoms with Gasteiger partial charge in [0.25, 0.3) is 11.4 Å². The van der Waals surface area contributed by atoms with Gasteiger partial charge in [-0.1, -0.05) is 12.1 Å². The van der Waals surface area contributed by atoms with Crippen LogP contribution in [0.2, 0.25) is 0 Å². The molecule has 0 aromatic heterocycles. The molecule has 0 atom stereocenters. The Labute approximate surface area is 119 Å². The van der Waals surface area contributed by atoms with E-state index in [2.05, 4.69) is 0 Å². The second-order valence-corrected chi connectivity index (χ2v) is 4.48. The van der Waals surface area contributed by atoms with Crippen molar-refractivity contribution in [3.63, 3.8) is 0 Å². The molecule has 0 amide bonds. The van der Waals surface area contributed by atoms with Crippen molar-refractivity contribution in [2.45, 2.75) is 6.42 Å². The minimum atomic E-state index is -0.565. The number of nitrogens with zero attached hydrogens (tertiary/aromatic N) is 2. The van der Waals surface area contributed by atoms with Crippen LogP contribution in [-0.2, 0) is 6.42 Å². The molecule has 0 heterocycles. The minimum absolute atomic E-state index is 0.0760. The van der Waals surface area contributed by atoms with Crippen LogP contribution in [0, 0.1) is 20.2 Å². The van der Waals surface area contributed by atoms with E-state index >= 15 is 0 Å². The zero-order valence-corrected chi connectivity index (χ0v) is 10.9. The van der Waals surface area contributed by atoms with Gasteiger partial charge in [0.2, 0.25) is 0 Å². The summed E-state index contributed by atoms with van der Waals surface area (Å²) >= 11 is 0. The van der Waals surface area contributed by atoms with Crippen molar-refractivity contribution in [1.82, 2.24) is 0 Å². The molecule has 8 heteroatoms. The lowest BCUT2D eigenvalue weighted by molar-refractivity contribution is -0.384. The molecular formula is C13H12N4O4. The van der Waals surface area contributed by atoms with E-state index in [1.165, 1.54) is 24.3 Å². The molecule has 2 aromatic carbocycles. The fourth-order valence-electron chi connectivity index (χ4n) is 1.95. The monoisotopic (exact) mass is 288 g/mol. The van der Waals surface area contributed by atoms with Crippen molar-refractivity contribution < 1.29 is 9.85 Å². The van der Waals surface area contributed by atoms with Gasteiger partial charge in [-0.2, -0.15) is 0 Å². The first-order chi connectivity index (χ1) is 9.88. The molecule has 0 spiro atoms. The Balaban J connectivity index is 2.34. The Morgan fingerprint density at radius 3 is 1.52 bits per heavy atom. The van der Waals surface area contributed by atoms with Crippen molar-refractivity contribution in [3.05, 3.63) is 67.8 Å². The van der Waals surface area contributed by atoms with Crippen molar-refractivity contribution in [3.8, 4) is 0 Å². The van der Waals surface area contributed by atoms with Crippen LogP contribution in [0.5, 0.6) is 0 Å². The van der Waals surface area contributed by atoms with Gasteiger partial charge >= 0.3 is 0 Å². The zero-order valence-electron chi connectivity index (χ0n) is 10.9. The van der Waals surface area contributed by atoms with Crippen LogP contribution in [0.3, 0.4) is 0 Å². The normalized spacial score (nSPS) is 10.3. The van der Waals surface area contributed by atoms with Gasteiger partial charge in [0.15, 0.2) is 0 Å². The molecule has 21 heavy (non-hydrogen) atoms. The van der Waals surface area contributed by atoms with Crippen molar-refractivity contribution in [1.29, 1.82) is 0 Å². The molecule has 0 bridgehead atoms. The maximum Gasteiger partial charge on any atom is 0.292 e. The Morgan fingerprint density at radius 2 is 1.19 bits per heavy atom. The highest BCUT2D eigenvalue weighted by Gasteiger charge is 2.14. The van der Waals surface area contributed by atoms with Crippen LogP contribution < -0.4 is 11.5 Å². The van der Waals surface area contributed by atoms with Crippen LogP contribution in [0.4, 0.5) is 22.7 Å². The molecule has 4 N–H and O–H groups in total. The van der Waals surface area contributed by atoms with Gasteiger partial charge in [-0.15, -0.1) is 0 Å². The first-order valence-corrected chi connectivity index (χ1v) is 5.94. The molecule has 108 valence electrons. The summed E-state index contributed by atoms with van der Waals surface area (Å²) in [6.45, 7) is 0. The van der Waals surface area contributed by atoms with E-state index in [1.807, 2.05) is 0 Å². The van der Waals surface area contributed by atoms with Gasteiger partial charge in [0, 0.05) is 12.1 Å². The Hall–Kier alpha value is -3.16. The summed E-state index contributed by atoms with van der Waals surface area (Å²) in [4.78, 5) is 20.5. The molecule has 0 fully saturated rings. The number of rotatable bonds is 4. The predicted molar refractivity (Wildman–Crippen MR) is 77.8 cm³/mol. The Morgan fingerprint density at radius 1 is 0.810 bits per heavy atom. The third-order valence-corrected chi connectivity index (χ3v) is 2.99. The molecule has 0 aliphatic carbocycles. The number of anilines is 2. The van der Waals surface area contributed by atoms with E-state index in [-0.39, 0.29) is 22.7 Å². The summed E-state index contributed by atoms with van der Waals surface area (Å²) in [6.07, 6.45) is 0.308. The van der Waals surface area contributed by atoms with Gasteiger partial charge in [0.05, 0.1) is 9.85 Å². The Bertz CT molecular complexity index is 669. The number of hydrogen-bond donors (Lipinski definition) is 2. The standard InChI is InChI=1S/C13H12N4O4/c14-10-3-1-8(6-12(10)16(18)19)5-9-2-4-11(15)13(7-9)17(20)21/h1-4,6-7H,5,14-15H2. The molecule has 8 nitrogen and oxygen atoms in total. The van der Waals surface area contributed by atoms with Crippen LogP contribution in [0.1, 0.15) is 11.1 Å². The van der Waals surface area contributed by atoms with Gasteiger partial charge in [0.1, 0.15) is 11.4 Å². The summed E-state index contributed by atoms with van der Waals surface area (Å²) in [6, 6.07) is 8.89. The first kappa shape index (κ1) is 14.3. The SMILES string of the molecule is Nc1ccc(Cc2ccc(N)c([N+](=O)[O-])c2)cc1[N+](=O)[O-]. The van der Waals surface area contributed by atoms with E-state index in [0.29, 0.717) is 17.5 Å². The minimum Gasteiger partial charge on any atom is -0.393 e. The topological polar surface area (TPSA) is 138 Å². The van der Waals surface area contributed by atoms with Gasteiger partial charge in [-0.05, 0) is 29.7 Å². The van der Waals surface area contributed by atoms with Crippen molar-refractivity contribution >= 4 is 22.7 Å². The number of hydrogen-bond acceptors (Lipinski definition) is 6. The van der Waals surface area contributed by atoms with E-state index in [4.69, 9.17) is 11.5 Å². The quantitative estimate of drug-likeness (QED) is 0.502. The lowest BCUT2D eigenvalue weighted by Gasteiger charge is -2.05. The van der Waals surface area contributed by atoms with Gasteiger partial charge in [-0.25, -0.2) is 0 Å². The highest BCUT2D eigenvalue weighted by molar-refractivity contribution is 5.61. The number of benzene rings is 2. The highest BCUT2D eigenvalue weighted by atomic mass is 16.6. The maximum atomic E-state index is 10.8. The molecule has 2 aromatic rings. The molecule has 2 rings (SSSR count).